The van der Waals surface area contributed by atoms with Crippen LogP contribution in [0.4, 0.5) is 11.4 Å². The van der Waals surface area contributed by atoms with Gasteiger partial charge in [0.25, 0.3) is 0 Å². The van der Waals surface area contributed by atoms with Gasteiger partial charge in [-0.1, -0.05) is 12.1 Å². The molecule has 0 fully saturated rings. The van der Waals surface area contributed by atoms with Crippen molar-refractivity contribution in [1.82, 2.24) is 0 Å². The molecule has 0 saturated heterocycles. The van der Waals surface area contributed by atoms with E-state index in [1.165, 1.54) is 13.1 Å². The van der Waals surface area contributed by atoms with E-state index in [0.29, 0.717) is 23.5 Å². The Bertz CT molecular complexity index is 831. The van der Waals surface area contributed by atoms with Crippen LogP contribution < -0.4 is 15.4 Å². The summed E-state index contributed by atoms with van der Waals surface area (Å²) in [5, 5.41) is 14.1. The molecule has 2 aromatic carbocycles. The minimum absolute atomic E-state index is 0.0828. The Balaban J connectivity index is 1.68. The zero-order chi connectivity index (χ0) is 19.4. The van der Waals surface area contributed by atoms with Gasteiger partial charge in [-0.25, -0.2) is 0 Å². The van der Waals surface area contributed by atoms with E-state index in [-0.39, 0.29) is 18.1 Å². The largest absolute Gasteiger partial charge is 0.464 e. The van der Waals surface area contributed by atoms with Crippen LogP contribution in [-0.4, -0.2) is 31.3 Å². The van der Waals surface area contributed by atoms with Gasteiger partial charge >= 0.3 is 0 Å². The molecule has 1 atom stereocenters. The monoisotopic (exact) mass is 367 g/mol. The van der Waals surface area contributed by atoms with Crippen LogP contribution in [0.5, 0.6) is 5.75 Å². The molecule has 1 heterocycles. The maximum absolute atomic E-state index is 11.9. The van der Waals surface area contributed by atoms with E-state index < -0.39 is 0 Å². The molecule has 142 valence electrons. The van der Waals surface area contributed by atoms with Crippen molar-refractivity contribution in [3.63, 3.8) is 0 Å². The predicted octanol–water partition coefficient (Wildman–Crippen LogP) is 4.23. The van der Waals surface area contributed by atoms with Gasteiger partial charge in [-0.2, -0.15) is 0 Å². The summed E-state index contributed by atoms with van der Waals surface area (Å²) in [6, 6.07) is 11.5. The highest BCUT2D eigenvalue weighted by atomic mass is 16.5. The third-order valence-electron chi connectivity index (χ3n) is 4.28. The number of nitrogens with one attached hydrogen (secondary N) is 3. The van der Waals surface area contributed by atoms with Crippen LogP contribution in [-0.2, 0) is 4.74 Å². The number of Topliss-reactive ketones (excluding diaryl/α,β-unsaturated/α-hetero) is 1. The molecule has 1 aliphatic rings. The second-order valence-electron chi connectivity index (χ2n) is 6.76. The molecule has 3 rings (SSSR count). The van der Waals surface area contributed by atoms with Crippen molar-refractivity contribution in [3.05, 3.63) is 53.1 Å². The van der Waals surface area contributed by atoms with Gasteiger partial charge in [-0.15, -0.1) is 0 Å². The van der Waals surface area contributed by atoms with Crippen LogP contribution in [0, 0.1) is 5.41 Å². The van der Waals surface area contributed by atoms with Crippen LogP contribution in [0.3, 0.4) is 0 Å². The zero-order valence-corrected chi connectivity index (χ0v) is 15.8. The third kappa shape index (κ3) is 4.46. The number of ether oxygens (including phenoxy) is 2. The van der Waals surface area contributed by atoms with Gasteiger partial charge in [0.1, 0.15) is 0 Å². The molecular weight excluding hydrogens is 342 g/mol. The molecular formula is C21H25N3O3. The molecule has 0 amide bonds. The number of benzene rings is 2. The average Bonchev–Trinajstić information content (AvgIpc) is 3.08. The number of carbonyl (C=O) groups excluding carboxylic acids is 1. The predicted molar refractivity (Wildman–Crippen MR) is 107 cm³/mol. The molecule has 0 radical (unpaired) electrons. The van der Waals surface area contributed by atoms with E-state index in [0.717, 1.165) is 23.5 Å². The molecule has 2 aromatic rings. The quantitative estimate of drug-likeness (QED) is 0.369. The average molecular weight is 367 g/mol. The van der Waals surface area contributed by atoms with E-state index in [1.54, 1.807) is 6.07 Å². The molecule has 0 aliphatic carbocycles. The maximum Gasteiger partial charge on any atom is 0.196 e. The van der Waals surface area contributed by atoms with Gasteiger partial charge in [0, 0.05) is 24.0 Å². The highest BCUT2D eigenvalue weighted by molar-refractivity contribution is 6.01. The van der Waals surface area contributed by atoms with Crippen LogP contribution in [0.25, 0.3) is 0 Å². The Kier molecular flexibility index (Phi) is 5.76. The summed E-state index contributed by atoms with van der Waals surface area (Å²) in [6.07, 6.45) is 1.09. The maximum atomic E-state index is 11.9. The normalized spacial score (nSPS) is 15.0. The number of ketones is 1. The molecule has 6 heteroatoms. The number of fused-ring (bicyclic) bond motifs is 1. The first kappa shape index (κ1) is 18.9. The smallest absolute Gasteiger partial charge is 0.196 e. The molecule has 1 aliphatic heterocycles. The van der Waals surface area contributed by atoms with Crippen molar-refractivity contribution >= 4 is 23.4 Å². The van der Waals surface area contributed by atoms with Gasteiger partial charge < -0.3 is 25.5 Å². The fraction of sp³-hybridized carbons (Fsp3) is 0.333. The Morgan fingerprint density at radius 3 is 2.70 bits per heavy atom. The summed E-state index contributed by atoms with van der Waals surface area (Å²) < 4.78 is 11.5. The number of rotatable bonds is 8. The van der Waals surface area contributed by atoms with E-state index in [2.05, 4.69) is 10.6 Å². The third-order valence-corrected chi connectivity index (χ3v) is 4.28. The SMILES string of the molecule is CC(=O)c1cc(C=N)cc2c1OC(c1ccc(NCCOC(C)C)cc1)N2. The summed E-state index contributed by atoms with van der Waals surface area (Å²) in [4.78, 5) is 11.9. The van der Waals surface area contributed by atoms with Crippen molar-refractivity contribution in [2.75, 3.05) is 23.8 Å². The Hall–Kier alpha value is -2.86. The minimum atomic E-state index is -0.364. The standard InChI is InChI=1S/C21H25N3O3/c1-13(2)26-9-8-23-17-6-4-16(5-7-17)21-24-19-11-15(12-22)10-18(14(3)25)20(19)27-21/h4-7,10-13,21-24H,8-9H2,1-3H3. The second-order valence-corrected chi connectivity index (χ2v) is 6.76. The van der Waals surface area contributed by atoms with Crippen molar-refractivity contribution in [1.29, 1.82) is 5.41 Å². The van der Waals surface area contributed by atoms with Gasteiger partial charge in [0.15, 0.2) is 17.8 Å². The molecule has 6 nitrogen and oxygen atoms in total. The summed E-state index contributed by atoms with van der Waals surface area (Å²) in [5.41, 5.74) is 3.86. The number of hydrogen-bond donors (Lipinski definition) is 3. The first-order valence-corrected chi connectivity index (χ1v) is 9.06. The van der Waals surface area contributed by atoms with Gasteiger partial charge in [0.2, 0.25) is 0 Å². The lowest BCUT2D eigenvalue weighted by molar-refractivity contribution is 0.0870. The van der Waals surface area contributed by atoms with Gasteiger partial charge in [-0.3, -0.25) is 4.79 Å². The lowest BCUT2D eigenvalue weighted by Gasteiger charge is -2.14. The molecule has 0 aromatic heterocycles. The molecule has 3 N–H and O–H groups in total. The fourth-order valence-corrected chi connectivity index (χ4v) is 2.94. The van der Waals surface area contributed by atoms with Crippen molar-refractivity contribution in [2.45, 2.75) is 33.1 Å². The molecule has 0 saturated carbocycles. The highest BCUT2D eigenvalue weighted by Gasteiger charge is 2.27. The summed E-state index contributed by atoms with van der Waals surface area (Å²) in [5.74, 6) is 0.465. The van der Waals surface area contributed by atoms with Crippen LogP contribution in [0.1, 0.15) is 48.5 Å². The first-order valence-electron chi connectivity index (χ1n) is 9.06. The summed E-state index contributed by atoms with van der Waals surface area (Å²) in [7, 11) is 0. The number of carbonyl (C=O) groups is 1. The lowest BCUT2D eigenvalue weighted by atomic mass is 10.1. The lowest BCUT2D eigenvalue weighted by Crippen LogP contribution is -2.13. The van der Waals surface area contributed by atoms with Crippen LogP contribution >= 0.6 is 0 Å². The topological polar surface area (TPSA) is 83.4 Å². The van der Waals surface area contributed by atoms with Crippen molar-refractivity contribution < 1.29 is 14.3 Å². The number of hydrogen-bond acceptors (Lipinski definition) is 6. The van der Waals surface area contributed by atoms with Crippen LogP contribution in [0.15, 0.2) is 36.4 Å². The van der Waals surface area contributed by atoms with Crippen molar-refractivity contribution in [3.8, 4) is 5.75 Å². The van der Waals surface area contributed by atoms with E-state index >= 15 is 0 Å². The minimum Gasteiger partial charge on any atom is -0.464 e. The molecule has 1 unspecified atom stereocenters. The van der Waals surface area contributed by atoms with Gasteiger partial charge in [-0.05, 0) is 50.6 Å². The van der Waals surface area contributed by atoms with Gasteiger partial charge in [0.05, 0.1) is 24.0 Å². The molecule has 27 heavy (non-hydrogen) atoms. The Morgan fingerprint density at radius 2 is 2.07 bits per heavy atom. The second kappa shape index (κ2) is 8.22. The Labute approximate surface area is 159 Å². The zero-order valence-electron chi connectivity index (χ0n) is 15.8. The molecule has 0 bridgehead atoms. The van der Waals surface area contributed by atoms with Crippen molar-refractivity contribution in [2.24, 2.45) is 0 Å². The first-order chi connectivity index (χ1) is 13.0. The van der Waals surface area contributed by atoms with E-state index in [4.69, 9.17) is 14.9 Å². The van der Waals surface area contributed by atoms with Crippen LogP contribution in [0.2, 0.25) is 0 Å². The highest BCUT2D eigenvalue weighted by Crippen LogP contribution is 2.41. The summed E-state index contributed by atoms with van der Waals surface area (Å²) in [6.45, 7) is 6.94. The fourth-order valence-electron chi connectivity index (χ4n) is 2.94. The van der Waals surface area contributed by atoms with E-state index in [1.807, 2.05) is 44.2 Å². The van der Waals surface area contributed by atoms with E-state index in [9.17, 15) is 4.79 Å². The number of anilines is 2. The Morgan fingerprint density at radius 1 is 1.33 bits per heavy atom. The molecule has 0 spiro atoms. The summed E-state index contributed by atoms with van der Waals surface area (Å²) >= 11 is 0.